The van der Waals surface area contributed by atoms with Crippen LogP contribution >= 0.6 is 23.4 Å². The smallest absolute Gasteiger partial charge is 0.191 e. The Morgan fingerprint density at radius 3 is 2.40 bits per heavy atom. The van der Waals surface area contributed by atoms with Crippen molar-refractivity contribution in [1.29, 1.82) is 0 Å². The van der Waals surface area contributed by atoms with E-state index in [1.54, 1.807) is 41.0 Å². The van der Waals surface area contributed by atoms with Gasteiger partial charge in [-0.3, -0.25) is 4.79 Å². The molecule has 0 radical (unpaired) electrons. The third kappa shape index (κ3) is 3.91. The lowest BCUT2D eigenvalue weighted by Gasteiger charge is -2.10. The van der Waals surface area contributed by atoms with Crippen molar-refractivity contribution >= 4 is 29.1 Å². The van der Waals surface area contributed by atoms with E-state index in [-0.39, 0.29) is 16.9 Å². The number of hydrogen-bond donors (Lipinski definition) is 0. The Balaban J connectivity index is 1.78. The highest BCUT2D eigenvalue weighted by Gasteiger charge is 2.20. The number of benzene rings is 2. The highest BCUT2D eigenvalue weighted by molar-refractivity contribution is 8.00. The van der Waals surface area contributed by atoms with Crippen LogP contribution in [0.4, 0.5) is 4.39 Å². The third-order valence-corrected chi connectivity index (χ3v) is 5.10. The maximum absolute atomic E-state index is 13.1. The van der Waals surface area contributed by atoms with Gasteiger partial charge in [0.05, 0.1) is 5.25 Å². The number of rotatable bonds is 5. The molecule has 0 amide bonds. The molecule has 1 atom stereocenters. The van der Waals surface area contributed by atoms with Gasteiger partial charge in [-0.1, -0.05) is 23.4 Å². The summed E-state index contributed by atoms with van der Waals surface area (Å²) in [6.45, 7) is 1.83. The third-order valence-electron chi connectivity index (χ3n) is 3.72. The summed E-state index contributed by atoms with van der Waals surface area (Å²) < 4.78 is 14.9. The Kier molecular flexibility index (Phi) is 5.20. The van der Waals surface area contributed by atoms with Crippen LogP contribution in [0.2, 0.25) is 5.02 Å². The normalized spacial score (nSPS) is 12.2. The molecule has 0 N–H and O–H groups in total. The van der Waals surface area contributed by atoms with Crippen molar-refractivity contribution in [3.8, 4) is 11.4 Å². The Morgan fingerprint density at radius 1 is 1.12 bits per heavy atom. The van der Waals surface area contributed by atoms with E-state index in [4.69, 9.17) is 11.6 Å². The SMILES string of the molecule is C[C@@H](Sc1nnc(-c2ccc(F)cc2)n1C)C(=O)c1ccc(Cl)cc1. The Labute approximate surface area is 154 Å². The van der Waals surface area contributed by atoms with Crippen LogP contribution in [-0.2, 0) is 7.05 Å². The van der Waals surface area contributed by atoms with Gasteiger partial charge < -0.3 is 4.57 Å². The summed E-state index contributed by atoms with van der Waals surface area (Å²) in [4.78, 5) is 12.5. The van der Waals surface area contributed by atoms with E-state index in [0.717, 1.165) is 5.56 Å². The van der Waals surface area contributed by atoms with Gasteiger partial charge in [0, 0.05) is 23.2 Å². The molecule has 0 aliphatic heterocycles. The molecule has 3 aromatic rings. The van der Waals surface area contributed by atoms with Gasteiger partial charge in [0.1, 0.15) is 5.82 Å². The molecule has 0 unspecified atom stereocenters. The van der Waals surface area contributed by atoms with Crippen LogP contribution in [0, 0.1) is 5.82 Å². The summed E-state index contributed by atoms with van der Waals surface area (Å²) in [5.41, 5.74) is 1.37. The van der Waals surface area contributed by atoms with Crippen molar-refractivity contribution in [1.82, 2.24) is 14.8 Å². The van der Waals surface area contributed by atoms with E-state index in [9.17, 15) is 9.18 Å². The maximum atomic E-state index is 13.1. The number of ketones is 1. The summed E-state index contributed by atoms with van der Waals surface area (Å²) in [6, 6.07) is 12.9. The average molecular weight is 376 g/mol. The van der Waals surface area contributed by atoms with E-state index in [2.05, 4.69) is 10.2 Å². The standard InChI is InChI=1S/C18H15ClFN3OS/c1-11(16(24)12-3-7-14(19)8-4-12)25-18-22-21-17(23(18)2)13-5-9-15(20)10-6-13/h3-11H,1-2H3/t11-/m1/s1. The quantitative estimate of drug-likeness (QED) is 0.481. The van der Waals surface area contributed by atoms with Crippen LogP contribution in [0.15, 0.2) is 53.7 Å². The van der Waals surface area contributed by atoms with Crippen molar-refractivity contribution in [2.24, 2.45) is 7.05 Å². The van der Waals surface area contributed by atoms with Crippen LogP contribution < -0.4 is 0 Å². The molecule has 0 aliphatic rings. The molecule has 1 heterocycles. The molecule has 128 valence electrons. The summed E-state index contributed by atoms with van der Waals surface area (Å²) >= 11 is 7.18. The number of Topliss-reactive ketones (excluding diaryl/α,β-unsaturated/α-hetero) is 1. The zero-order chi connectivity index (χ0) is 18.0. The number of halogens is 2. The van der Waals surface area contributed by atoms with E-state index in [1.165, 1.54) is 23.9 Å². The van der Waals surface area contributed by atoms with Crippen LogP contribution in [-0.4, -0.2) is 25.8 Å². The van der Waals surface area contributed by atoms with Gasteiger partial charge in [0.15, 0.2) is 16.8 Å². The van der Waals surface area contributed by atoms with Gasteiger partial charge in [-0.25, -0.2) is 4.39 Å². The zero-order valence-corrected chi connectivity index (χ0v) is 15.2. The lowest BCUT2D eigenvalue weighted by atomic mass is 10.1. The number of hydrogen-bond acceptors (Lipinski definition) is 4. The van der Waals surface area contributed by atoms with Crippen molar-refractivity contribution in [2.45, 2.75) is 17.3 Å². The second kappa shape index (κ2) is 7.37. The predicted octanol–water partition coefficient (Wildman–Crippen LogP) is 4.64. The second-order valence-corrected chi connectivity index (χ2v) is 7.25. The van der Waals surface area contributed by atoms with Gasteiger partial charge in [-0.05, 0) is 55.5 Å². The molecule has 0 bridgehead atoms. The number of aromatic nitrogens is 3. The maximum Gasteiger partial charge on any atom is 0.191 e. The van der Waals surface area contributed by atoms with E-state index >= 15 is 0 Å². The van der Waals surface area contributed by atoms with Crippen LogP contribution in [0.25, 0.3) is 11.4 Å². The Hall–Kier alpha value is -2.18. The molecular formula is C18H15ClFN3OS. The fraction of sp³-hybridized carbons (Fsp3) is 0.167. The van der Waals surface area contributed by atoms with Crippen LogP contribution in [0.5, 0.6) is 0 Å². The van der Waals surface area contributed by atoms with Gasteiger partial charge >= 0.3 is 0 Å². The summed E-state index contributed by atoms with van der Waals surface area (Å²) in [6.07, 6.45) is 0. The zero-order valence-electron chi connectivity index (χ0n) is 13.6. The molecular weight excluding hydrogens is 361 g/mol. The van der Waals surface area contributed by atoms with Crippen LogP contribution in [0.3, 0.4) is 0 Å². The minimum atomic E-state index is -0.329. The highest BCUT2D eigenvalue weighted by atomic mass is 35.5. The van der Waals surface area contributed by atoms with E-state index < -0.39 is 0 Å². The molecule has 0 saturated carbocycles. The van der Waals surface area contributed by atoms with Crippen molar-refractivity contribution in [2.75, 3.05) is 0 Å². The summed E-state index contributed by atoms with van der Waals surface area (Å²) in [5, 5.41) is 9.19. The molecule has 0 spiro atoms. The van der Waals surface area contributed by atoms with E-state index in [0.29, 0.717) is 21.6 Å². The molecule has 7 heteroatoms. The molecule has 1 aromatic heterocycles. The lowest BCUT2D eigenvalue weighted by molar-refractivity contribution is 0.0994. The van der Waals surface area contributed by atoms with Gasteiger partial charge in [-0.15, -0.1) is 10.2 Å². The van der Waals surface area contributed by atoms with Gasteiger partial charge in [0.25, 0.3) is 0 Å². The molecule has 3 rings (SSSR count). The molecule has 0 aliphatic carbocycles. The summed E-state index contributed by atoms with van der Waals surface area (Å²) in [7, 11) is 1.82. The first kappa shape index (κ1) is 17.6. The first-order chi connectivity index (χ1) is 12.0. The Morgan fingerprint density at radius 2 is 1.76 bits per heavy atom. The largest absolute Gasteiger partial charge is 0.305 e. The first-order valence-corrected chi connectivity index (χ1v) is 8.83. The summed E-state index contributed by atoms with van der Waals surface area (Å²) in [5.74, 6) is 0.310. The minimum absolute atomic E-state index is 0.00648. The fourth-order valence-electron chi connectivity index (χ4n) is 2.33. The molecule has 25 heavy (non-hydrogen) atoms. The predicted molar refractivity (Wildman–Crippen MR) is 97.5 cm³/mol. The number of thioether (sulfide) groups is 1. The molecule has 4 nitrogen and oxygen atoms in total. The van der Waals surface area contributed by atoms with E-state index in [1.807, 2.05) is 14.0 Å². The molecule has 2 aromatic carbocycles. The first-order valence-electron chi connectivity index (χ1n) is 7.57. The molecule has 0 fully saturated rings. The molecule has 0 saturated heterocycles. The van der Waals surface area contributed by atoms with Crippen molar-refractivity contribution in [3.63, 3.8) is 0 Å². The number of nitrogens with zero attached hydrogens (tertiary/aromatic N) is 3. The average Bonchev–Trinajstić information content (AvgIpc) is 2.96. The fourth-order valence-corrected chi connectivity index (χ4v) is 3.35. The van der Waals surface area contributed by atoms with Crippen molar-refractivity contribution < 1.29 is 9.18 Å². The monoisotopic (exact) mass is 375 g/mol. The number of carbonyl (C=O) groups is 1. The number of carbonyl (C=O) groups excluding carboxylic acids is 1. The topological polar surface area (TPSA) is 47.8 Å². The Bertz CT molecular complexity index is 894. The van der Waals surface area contributed by atoms with Gasteiger partial charge in [0.2, 0.25) is 0 Å². The lowest BCUT2D eigenvalue weighted by Crippen LogP contribution is -2.14. The second-order valence-electron chi connectivity index (χ2n) is 5.50. The van der Waals surface area contributed by atoms with Gasteiger partial charge in [-0.2, -0.15) is 0 Å². The van der Waals surface area contributed by atoms with Crippen molar-refractivity contribution in [3.05, 3.63) is 64.9 Å². The minimum Gasteiger partial charge on any atom is -0.305 e. The van der Waals surface area contributed by atoms with Crippen LogP contribution in [0.1, 0.15) is 17.3 Å². The highest BCUT2D eigenvalue weighted by Crippen LogP contribution is 2.27.